The Morgan fingerprint density at radius 3 is 2.65 bits per heavy atom. The highest BCUT2D eigenvalue weighted by Crippen LogP contribution is 2.43. The maximum absolute atomic E-state index is 14.5. The summed E-state index contributed by atoms with van der Waals surface area (Å²) in [5.74, 6) is -0.973. The van der Waals surface area contributed by atoms with Crippen LogP contribution in [0.4, 0.5) is 10.1 Å². The number of anilines is 1. The Hall–Kier alpha value is -2.15. The summed E-state index contributed by atoms with van der Waals surface area (Å²) in [6.45, 7) is 4.20. The predicted octanol–water partition coefficient (Wildman–Crippen LogP) is 2.48. The molecule has 7 heteroatoms. The zero-order valence-electron chi connectivity index (χ0n) is 14.9. The van der Waals surface area contributed by atoms with Gasteiger partial charge in [-0.15, -0.1) is 0 Å². The van der Waals surface area contributed by atoms with Crippen LogP contribution in [0.1, 0.15) is 47.6 Å². The SMILES string of the molecule is CC1(C)Cc2c(c3c(n2-c2cc(N)c(C(N)=O)c(F)c2)CCC3)S(=O)C1. The van der Waals surface area contributed by atoms with Crippen LogP contribution in [0.2, 0.25) is 0 Å². The fourth-order valence-electron chi connectivity index (χ4n) is 4.33. The highest BCUT2D eigenvalue weighted by Gasteiger charge is 2.38. The van der Waals surface area contributed by atoms with Crippen LogP contribution in [0, 0.1) is 11.2 Å². The molecule has 4 rings (SSSR count). The van der Waals surface area contributed by atoms with E-state index in [1.165, 1.54) is 6.07 Å². The molecule has 0 radical (unpaired) electrons. The first-order valence-electron chi connectivity index (χ1n) is 8.72. The summed E-state index contributed by atoms with van der Waals surface area (Å²) >= 11 is 0. The van der Waals surface area contributed by atoms with Gasteiger partial charge in [0.25, 0.3) is 5.91 Å². The molecule has 2 heterocycles. The van der Waals surface area contributed by atoms with Crippen molar-refractivity contribution in [1.29, 1.82) is 0 Å². The van der Waals surface area contributed by atoms with Crippen molar-refractivity contribution in [2.45, 2.75) is 44.4 Å². The number of nitrogens with zero attached hydrogens (tertiary/aromatic N) is 1. The fraction of sp³-hybridized carbons (Fsp3) is 0.421. The van der Waals surface area contributed by atoms with Crippen LogP contribution in [0.25, 0.3) is 5.69 Å². The second-order valence-corrected chi connectivity index (χ2v) is 9.36. The predicted molar refractivity (Wildman–Crippen MR) is 99.4 cm³/mol. The zero-order valence-corrected chi connectivity index (χ0v) is 15.7. The molecule has 2 aliphatic rings. The molecule has 5 nitrogen and oxygen atoms in total. The van der Waals surface area contributed by atoms with Gasteiger partial charge in [0, 0.05) is 22.8 Å². The number of carbonyl (C=O) groups is 1. The van der Waals surface area contributed by atoms with Gasteiger partial charge in [0.1, 0.15) is 5.82 Å². The van der Waals surface area contributed by atoms with E-state index in [9.17, 15) is 13.4 Å². The molecule has 1 aromatic carbocycles. The maximum Gasteiger partial charge on any atom is 0.253 e. The first-order chi connectivity index (χ1) is 12.2. The Morgan fingerprint density at radius 2 is 2.00 bits per heavy atom. The van der Waals surface area contributed by atoms with Crippen molar-refractivity contribution in [1.82, 2.24) is 4.57 Å². The first kappa shape index (κ1) is 17.3. The number of primary amides is 1. The molecule has 26 heavy (non-hydrogen) atoms. The second kappa shape index (κ2) is 5.67. The summed E-state index contributed by atoms with van der Waals surface area (Å²) < 4.78 is 29.4. The van der Waals surface area contributed by atoms with Crippen molar-refractivity contribution < 1.29 is 13.4 Å². The van der Waals surface area contributed by atoms with E-state index in [1.54, 1.807) is 6.07 Å². The van der Waals surface area contributed by atoms with Crippen molar-refractivity contribution in [3.8, 4) is 5.69 Å². The van der Waals surface area contributed by atoms with E-state index in [4.69, 9.17) is 11.5 Å². The summed E-state index contributed by atoms with van der Waals surface area (Å²) in [4.78, 5) is 12.4. The average Bonchev–Trinajstić information content (AvgIpc) is 3.03. The lowest BCUT2D eigenvalue weighted by atomic mass is 9.89. The van der Waals surface area contributed by atoms with Gasteiger partial charge in [-0.3, -0.25) is 9.00 Å². The quantitative estimate of drug-likeness (QED) is 0.790. The Kier molecular flexibility index (Phi) is 3.77. The van der Waals surface area contributed by atoms with Gasteiger partial charge in [-0.1, -0.05) is 13.8 Å². The second-order valence-electron chi connectivity index (χ2n) is 7.98. The van der Waals surface area contributed by atoms with Crippen LogP contribution in [0.3, 0.4) is 0 Å². The molecule has 138 valence electrons. The van der Waals surface area contributed by atoms with E-state index in [-0.39, 0.29) is 16.7 Å². The van der Waals surface area contributed by atoms with Crippen molar-refractivity contribution in [3.05, 3.63) is 40.5 Å². The number of amides is 1. The number of hydrogen-bond donors (Lipinski definition) is 2. The van der Waals surface area contributed by atoms with E-state index >= 15 is 0 Å². The number of hydrogen-bond acceptors (Lipinski definition) is 3. The number of aromatic nitrogens is 1. The molecule has 1 aromatic heterocycles. The molecule has 0 bridgehead atoms. The van der Waals surface area contributed by atoms with Crippen molar-refractivity contribution in [2.75, 3.05) is 11.5 Å². The number of nitrogen functional groups attached to an aromatic ring is 1. The van der Waals surface area contributed by atoms with Gasteiger partial charge in [0.2, 0.25) is 0 Å². The molecule has 0 saturated heterocycles. The van der Waals surface area contributed by atoms with Crippen LogP contribution in [-0.2, 0) is 30.1 Å². The van der Waals surface area contributed by atoms with Crippen LogP contribution < -0.4 is 11.5 Å². The van der Waals surface area contributed by atoms with Gasteiger partial charge in [0.15, 0.2) is 0 Å². The molecule has 1 aliphatic heterocycles. The number of fused-ring (bicyclic) bond motifs is 3. The van der Waals surface area contributed by atoms with Gasteiger partial charge >= 0.3 is 0 Å². The normalized spacial score (nSPS) is 20.7. The molecule has 4 N–H and O–H groups in total. The summed E-state index contributed by atoms with van der Waals surface area (Å²) in [6.07, 6.45) is 3.52. The lowest BCUT2D eigenvalue weighted by Gasteiger charge is -2.30. The van der Waals surface area contributed by atoms with E-state index in [2.05, 4.69) is 13.8 Å². The van der Waals surface area contributed by atoms with Crippen LogP contribution in [-0.4, -0.2) is 20.4 Å². The zero-order chi connectivity index (χ0) is 18.8. The number of carbonyl (C=O) groups excluding carboxylic acids is 1. The van der Waals surface area contributed by atoms with Crippen molar-refractivity contribution >= 4 is 22.4 Å². The van der Waals surface area contributed by atoms with Gasteiger partial charge in [-0.2, -0.15) is 0 Å². The molecule has 1 unspecified atom stereocenters. The molecule has 0 saturated carbocycles. The van der Waals surface area contributed by atoms with Crippen LogP contribution >= 0.6 is 0 Å². The highest BCUT2D eigenvalue weighted by molar-refractivity contribution is 7.85. The van der Waals surface area contributed by atoms with Crippen molar-refractivity contribution in [2.24, 2.45) is 11.1 Å². The van der Waals surface area contributed by atoms with Gasteiger partial charge in [0.05, 0.1) is 26.9 Å². The smallest absolute Gasteiger partial charge is 0.253 e. The average molecular weight is 375 g/mol. The maximum atomic E-state index is 14.5. The Labute approximate surface area is 154 Å². The number of benzene rings is 1. The van der Waals surface area contributed by atoms with E-state index < -0.39 is 22.5 Å². The molecular weight excluding hydrogens is 353 g/mol. The third-order valence-corrected chi connectivity index (χ3v) is 7.25. The highest BCUT2D eigenvalue weighted by atomic mass is 32.2. The molecule has 1 amide bonds. The molecule has 0 fully saturated rings. The molecule has 0 spiro atoms. The van der Waals surface area contributed by atoms with Crippen LogP contribution in [0.5, 0.6) is 0 Å². The third-order valence-electron chi connectivity index (χ3n) is 5.27. The summed E-state index contributed by atoms with van der Waals surface area (Å²) in [5.41, 5.74) is 14.6. The standard InChI is InChI=1S/C19H22FN3O2S/c1-19(2)8-15-17(26(25)9-19)11-4-3-5-14(11)23(15)10-6-12(20)16(18(22)24)13(21)7-10/h6-7H,3-5,8-9,21H2,1-2H3,(H2,22,24). The largest absolute Gasteiger partial charge is 0.398 e. The minimum Gasteiger partial charge on any atom is -0.398 e. The third kappa shape index (κ3) is 2.48. The first-order valence-corrected chi connectivity index (χ1v) is 10.0. The summed E-state index contributed by atoms with van der Waals surface area (Å²) in [7, 11) is -1.06. The van der Waals surface area contributed by atoms with E-state index in [0.29, 0.717) is 11.4 Å². The van der Waals surface area contributed by atoms with E-state index in [1.807, 2.05) is 4.57 Å². The van der Waals surface area contributed by atoms with Crippen LogP contribution in [0.15, 0.2) is 17.0 Å². The van der Waals surface area contributed by atoms with Gasteiger partial charge < -0.3 is 16.0 Å². The number of nitrogens with two attached hydrogens (primary N) is 2. The Balaban J connectivity index is 1.98. The molecule has 1 atom stereocenters. The monoisotopic (exact) mass is 375 g/mol. The topological polar surface area (TPSA) is 91.1 Å². The summed E-state index contributed by atoms with van der Waals surface area (Å²) in [6, 6.07) is 2.90. The minimum absolute atomic E-state index is 0.0258. The Bertz CT molecular complexity index is 955. The number of halogens is 1. The summed E-state index contributed by atoms with van der Waals surface area (Å²) in [5, 5.41) is 0. The van der Waals surface area contributed by atoms with Gasteiger partial charge in [-0.25, -0.2) is 4.39 Å². The van der Waals surface area contributed by atoms with Crippen molar-refractivity contribution in [3.63, 3.8) is 0 Å². The minimum atomic E-state index is -1.06. The molecule has 2 aromatic rings. The van der Waals surface area contributed by atoms with Gasteiger partial charge in [-0.05, 0) is 48.8 Å². The Morgan fingerprint density at radius 1 is 1.27 bits per heavy atom. The number of rotatable bonds is 2. The fourth-order valence-corrected chi connectivity index (χ4v) is 6.21. The van der Waals surface area contributed by atoms with E-state index in [0.717, 1.165) is 47.5 Å². The lowest BCUT2D eigenvalue weighted by Crippen LogP contribution is -2.30. The lowest BCUT2D eigenvalue weighted by molar-refractivity contribution is 0.0997. The molecular formula is C19H22FN3O2S. The molecule has 1 aliphatic carbocycles.